The molecule has 2 amide bonds. The standard InChI is InChI=1S/C45H52N6O6Si/c1-30-43(58(4,5)36-17-14-34(55-2)15-18-36)41(20-22-49-28-39(47-48-49)37(29-52)32-11-7-6-8-12-32)57-45(30)38-25-35(56-3)16-19-40(38)51(44(45)54)27-31-10-9-13-33(24-31)50-23-21-46-26-42(50)53/h6-19,24-25,28,30,37,41,43,46,52H,20-23,26-27,29H2,1-5H3/t30-,37?,41+,43-,45+/m1/s1. The van der Waals surface area contributed by atoms with Crippen LogP contribution in [-0.4, -0.2) is 86.6 Å². The first-order chi connectivity index (χ1) is 28.1. The number of anilines is 2. The highest BCUT2D eigenvalue weighted by atomic mass is 28.3. The second-order valence-electron chi connectivity index (χ2n) is 16.2. The quantitative estimate of drug-likeness (QED) is 0.154. The third-order valence-electron chi connectivity index (χ3n) is 12.6. The van der Waals surface area contributed by atoms with Crippen LogP contribution < -0.4 is 29.8 Å². The molecule has 3 aliphatic rings. The number of ether oxygens (including phenoxy) is 3. The maximum absolute atomic E-state index is 15.4. The lowest BCUT2D eigenvalue weighted by Gasteiger charge is -2.37. The lowest BCUT2D eigenvalue weighted by atomic mass is 9.82. The summed E-state index contributed by atoms with van der Waals surface area (Å²) in [5.74, 6) is 0.873. The van der Waals surface area contributed by atoms with Crippen molar-refractivity contribution in [3.8, 4) is 11.5 Å². The predicted molar refractivity (Wildman–Crippen MR) is 225 cm³/mol. The number of benzene rings is 4. The molecule has 0 saturated carbocycles. The molecule has 58 heavy (non-hydrogen) atoms. The minimum Gasteiger partial charge on any atom is -0.497 e. The van der Waals surface area contributed by atoms with Gasteiger partial charge in [-0.1, -0.05) is 85.0 Å². The molecular formula is C45H52N6O6Si. The fourth-order valence-electron chi connectivity index (χ4n) is 9.63. The Morgan fingerprint density at radius 1 is 0.966 bits per heavy atom. The summed E-state index contributed by atoms with van der Waals surface area (Å²) in [6, 6.07) is 32.0. The van der Waals surface area contributed by atoms with E-state index in [2.05, 4.69) is 47.8 Å². The van der Waals surface area contributed by atoms with E-state index in [4.69, 9.17) is 14.2 Å². The Hall–Kier alpha value is -5.34. The van der Waals surface area contributed by atoms with Crippen LogP contribution in [0.15, 0.2) is 103 Å². The molecule has 302 valence electrons. The van der Waals surface area contributed by atoms with Gasteiger partial charge in [0, 0.05) is 43.0 Å². The summed E-state index contributed by atoms with van der Waals surface area (Å²) in [5, 5.41) is 23.7. The monoisotopic (exact) mass is 800 g/mol. The Morgan fingerprint density at radius 3 is 2.45 bits per heavy atom. The summed E-state index contributed by atoms with van der Waals surface area (Å²) < 4.78 is 20.5. The number of rotatable bonds is 13. The van der Waals surface area contributed by atoms with Crippen LogP contribution in [0.1, 0.15) is 41.6 Å². The van der Waals surface area contributed by atoms with E-state index < -0.39 is 13.7 Å². The number of aliphatic hydroxyl groups is 1. The Bertz CT molecular complexity index is 2270. The number of aliphatic hydroxyl groups excluding tert-OH is 1. The molecule has 2 N–H and O–H groups in total. The number of methoxy groups -OCH3 is 2. The van der Waals surface area contributed by atoms with Crippen LogP contribution in [0.2, 0.25) is 18.6 Å². The zero-order valence-electron chi connectivity index (χ0n) is 33.8. The van der Waals surface area contributed by atoms with Gasteiger partial charge in [-0.05, 0) is 65.6 Å². The zero-order chi connectivity index (χ0) is 40.6. The van der Waals surface area contributed by atoms with Crippen molar-refractivity contribution in [3.05, 3.63) is 126 Å². The van der Waals surface area contributed by atoms with Gasteiger partial charge in [-0.25, -0.2) is 0 Å². The van der Waals surface area contributed by atoms with Crippen LogP contribution in [0.4, 0.5) is 11.4 Å². The van der Waals surface area contributed by atoms with Crippen molar-refractivity contribution in [1.82, 2.24) is 20.3 Å². The van der Waals surface area contributed by atoms with Gasteiger partial charge in [0.25, 0.3) is 5.91 Å². The molecule has 0 aliphatic carbocycles. The molecule has 0 radical (unpaired) electrons. The number of fused-ring (bicyclic) bond motifs is 2. The number of hydrogen-bond donors (Lipinski definition) is 2. The molecule has 5 aromatic rings. The molecule has 5 atom stereocenters. The number of aromatic nitrogens is 3. The largest absolute Gasteiger partial charge is 0.497 e. The fraction of sp³-hybridized carbons (Fsp3) is 0.378. The van der Waals surface area contributed by atoms with Gasteiger partial charge in [-0.2, -0.15) is 0 Å². The number of nitrogens with one attached hydrogen (secondary N) is 1. The van der Waals surface area contributed by atoms with E-state index in [9.17, 15) is 9.90 Å². The number of nitrogens with zero attached hydrogens (tertiary/aromatic N) is 5. The summed E-state index contributed by atoms with van der Waals surface area (Å²) in [6.45, 7) is 9.28. The lowest BCUT2D eigenvalue weighted by Crippen LogP contribution is -2.51. The predicted octanol–water partition coefficient (Wildman–Crippen LogP) is 5.21. The maximum atomic E-state index is 15.4. The molecule has 1 unspecified atom stereocenters. The molecule has 12 nitrogen and oxygen atoms in total. The molecule has 1 aromatic heterocycles. The van der Waals surface area contributed by atoms with Crippen LogP contribution in [0.3, 0.4) is 0 Å². The highest BCUT2D eigenvalue weighted by Gasteiger charge is 2.66. The average molecular weight is 801 g/mol. The number of aryl methyl sites for hydroxylation is 1. The molecule has 8 rings (SSSR count). The van der Waals surface area contributed by atoms with Crippen LogP contribution in [0.25, 0.3) is 0 Å². The number of piperazine rings is 1. The van der Waals surface area contributed by atoms with Gasteiger partial charge in [0.05, 0.1) is 65.4 Å². The van der Waals surface area contributed by atoms with Gasteiger partial charge < -0.3 is 34.4 Å². The summed E-state index contributed by atoms with van der Waals surface area (Å²) in [4.78, 5) is 31.9. The normalized spacial score (nSPS) is 22.4. The first-order valence-corrected chi connectivity index (χ1v) is 23.2. The van der Waals surface area contributed by atoms with Gasteiger partial charge in [-0.15, -0.1) is 5.10 Å². The zero-order valence-corrected chi connectivity index (χ0v) is 34.8. The van der Waals surface area contributed by atoms with Crippen molar-refractivity contribution in [2.45, 2.75) is 62.7 Å². The van der Waals surface area contributed by atoms with Crippen molar-refractivity contribution in [1.29, 1.82) is 0 Å². The Morgan fingerprint density at radius 2 is 1.72 bits per heavy atom. The van der Waals surface area contributed by atoms with Crippen molar-refractivity contribution in [2.75, 3.05) is 50.3 Å². The topological polar surface area (TPSA) is 131 Å². The van der Waals surface area contributed by atoms with E-state index in [-0.39, 0.29) is 41.9 Å². The third-order valence-corrected chi connectivity index (χ3v) is 17.0. The van der Waals surface area contributed by atoms with E-state index in [0.29, 0.717) is 44.0 Å². The molecule has 4 heterocycles. The van der Waals surface area contributed by atoms with Gasteiger partial charge in [-0.3, -0.25) is 14.3 Å². The summed E-state index contributed by atoms with van der Waals surface area (Å²) >= 11 is 0. The summed E-state index contributed by atoms with van der Waals surface area (Å²) in [7, 11) is 0.905. The van der Waals surface area contributed by atoms with E-state index >= 15 is 4.79 Å². The second kappa shape index (κ2) is 16.1. The van der Waals surface area contributed by atoms with E-state index in [1.807, 2.05) is 101 Å². The maximum Gasteiger partial charge on any atom is 0.264 e. The van der Waals surface area contributed by atoms with Crippen molar-refractivity contribution < 1.29 is 28.9 Å². The highest BCUT2D eigenvalue weighted by Crippen LogP contribution is 2.60. The van der Waals surface area contributed by atoms with Gasteiger partial charge in [0.1, 0.15) is 11.5 Å². The van der Waals surface area contributed by atoms with Crippen LogP contribution in [0.5, 0.6) is 11.5 Å². The van der Waals surface area contributed by atoms with E-state index in [0.717, 1.165) is 40.4 Å². The summed E-state index contributed by atoms with van der Waals surface area (Å²) in [5.41, 5.74) is 3.76. The van der Waals surface area contributed by atoms with Crippen LogP contribution >= 0.6 is 0 Å². The van der Waals surface area contributed by atoms with Crippen LogP contribution in [0, 0.1) is 5.92 Å². The Balaban J connectivity index is 1.15. The second-order valence-corrected chi connectivity index (χ2v) is 20.9. The number of hydrogen-bond acceptors (Lipinski definition) is 9. The van der Waals surface area contributed by atoms with Gasteiger partial charge >= 0.3 is 0 Å². The minimum absolute atomic E-state index is 0.0170. The molecule has 2 fully saturated rings. The highest BCUT2D eigenvalue weighted by molar-refractivity contribution is 6.91. The minimum atomic E-state index is -2.41. The van der Waals surface area contributed by atoms with Crippen LogP contribution in [-0.2, 0) is 33.0 Å². The smallest absolute Gasteiger partial charge is 0.264 e. The third kappa shape index (κ3) is 6.99. The first kappa shape index (κ1) is 39.5. The Kier molecular flexibility index (Phi) is 11.0. The van der Waals surface area contributed by atoms with Crippen molar-refractivity contribution in [3.63, 3.8) is 0 Å². The Labute approximate surface area is 340 Å². The van der Waals surface area contributed by atoms with E-state index in [1.54, 1.807) is 19.1 Å². The molecule has 4 aromatic carbocycles. The number of amides is 2. The lowest BCUT2D eigenvalue weighted by molar-refractivity contribution is -0.146. The molecule has 0 bridgehead atoms. The van der Waals surface area contributed by atoms with Crippen molar-refractivity contribution in [2.24, 2.45) is 5.92 Å². The summed E-state index contributed by atoms with van der Waals surface area (Å²) in [6.07, 6.45) is 2.20. The molecule has 13 heteroatoms. The van der Waals surface area contributed by atoms with Crippen molar-refractivity contribution >= 4 is 36.4 Å². The molecule has 2 saturated heterocycles. The van der Waals surface area contributed by atoms with Gasteiger partial charge in [0.2, 0.25) is 5.91 Å². The first-order valence-electron chi connectivity index (χ1n) is 20.1. The van der Waals surface area contributed by atoms with Gasteiger partial charge in [0.15, 0.2) is 5.60 Å². The van der Waals surface area contributed by atoms with E-state index in [1.165, 1.54) is 5.19 Å². The molecule has 1 spiro atoms. The SMILES string of the molecule is COc1ccc([Si](C)(C)[C@H]2[C@H](CCn3cc(C(CO)c4ccccc4)nn3)O[C@@]3(C(=O)N(Cc4cccc(N5CCNCC5=O)c4)c4ccc(OC)cc43)[C@@H]2C)cc1. The average Bonchev–Trinajstić information content (AvgIpc) is 3.91. The fourth-order valence-corrected chi connectivity index (χ4v) is 13.7. The molecular weight excluding hydrogens is 749 g/mol. The molecule has 3 aliphatic heterocycles. The number of carbonyl (C=O) groups is 2. The number of carbonyl (C=O) groups excluding carboxylic acids is 2.